The smallest absolute Gasteiger partial charge is 0.263 e. The van der Waals surface area contributed by atoms with Gasteiger partial charge in [0.25, 0.3) is 15.9 Å². The van der Waals surface area contributed by atoms with Crippen LogP contribution in [-0.2, 0) is 10.0 Å². The van der Waals surface area contributed by atoms with Gasteiger partial charge in [-0.3, -0.25) is 9.10 Å². The number of aryl methyl sites for hydroxylation is 1. The van der Waals surface area contributed by atoms with E-state index in [1.54, 1.807) is 24.3 Å². The molecule has 154 valence electrons. The Bertz CT molecular complexity index is 1190. The van der Waals surface area contributed by atoms with Crippen molar-refractivity contribution in [3.8, 4) is 0 Å². The lowest BCUT2D eigenvalue weighted by Crippen LogP contribution is -2.38. The third kappa shape index (κ3) is 4.02. The second kappa shape index (κ2) is 7.83. The van der Waals surface area contributed by atoms with E-state index in [9.17, 15) is 17.6 Å². The van der Waals surface area contributed by atoms with Gasteiger partial charge in [0.05, 0.1) is 10.6 Å². The maximum atomic E-state index is 13.3. The molecule has 0 spiro atoms. The number of aliphatic imine (C=N–C) groups is 2. The van der Waals surface area contributed by atoms with E-state index >= 15 is 0 Å². The van der Waals surface area contributed by atoms with Crippen LogP contribution in [0.5, 0.6) is 0 Å². The lowest BCUT2D eigenvalue weighted by molar-refractivity contribution is 0.0939. The van der Waals surface area contributed by atoms with E-state index < -0.39 is 28.0 Å². The summed E-state index contributed by atoms with van der Waals surface area (Å²) in [6.45, 7) is 2.13. The van der Waals surface area contributed by atoms with Gasteiger partial charge in [-0.05, 0) is 37.3 Å². The highest BCUT2D eigenvalue weighted by atomic mass is 32.2. The van der Waals surface area contributed by atoms with Crippen LogP contribution in [0.15, 0.2) is 75.2 Å². The summed E-state index contributed by atoms with van der Waals surface area (Å²) in [5, 5.41) is 2.62. The van der Waals surface area contributed by atoms with Crippen molar-refractivity contribution in [2.45, 2.75) is 24.5 Å². The first-order valence-corrected chi connectivity index (χ1v) is 10.7. The predicted molar refractivity (Wildman–Crippen MR) is 111 cm³/mol. The molecule has 2 aromatic carbocycles. The first kappa shape index (κ1) is 20.0. The molecule has 0 radical (unpaired) electrons. The topological polar surface area (TPSA) is 91.2 Å². The molecule has 1 atom stereocenters. The Morgan fingerprint density at radius 2 is 1.97 bits per heavy atom. The molecule has 30 heavy (non-hydrogen) atoms. The van der Waals surface area contributed by atoms with Crippen LogP contribution in [0.4, 0.5) is 4.39 Å². The number of carbonyl (C=O) groups excluding carboxylic acids is 1. The molecule has 0 aliphatic carbocycles. The van der Waals surface area contributed by atoms with Crippen molar-refractivity contribution in [1.82, 2.24) is 9.62 Å². The zero-order valence-corrected chi connectivity index (χ0v) is 16.9. The first-order chi connectivity index (χ1) is 14.3. The molecular weight excluding hydrogens is 407 g/mol. The quantitative estimate of drug-likeness (QED) is 0.815. The van der Waals surface area contributed by atoms with Crippen molar-refractivity contribution in [3.63, 3.8) is 0 Å². The van der Waals surface area contributed by atoms with Crippen molar-refractivity contribution in [3.05, 3.63) is 77.2 Å². The maximum Gasteiger partial charge on any atom is 0.263 e. The van der Waals surface area contributed by atoms with Gasteiger partial charge < -0.3 is 5.32 Å². The summed E-state index contributed by atoms with van der Waals surface area (Å²) in [6, 6.07) is 12.0. The largest absolute Gasteiger partial charge is 0.312 e. The highest BCUT2D eigenvalue weighted by molar-refractivity contribution is 7.89. The summed E-state index contributed by atoms with van der Waals surface area (Å²) >= 11 is 0. The van der Waals surface area contributed by atoms with Crippen LogP contribution in [0.25, 0.3) is 0 Å². The van der Waals surface area contributed by atoms with Gasteiger partial charge in [0.1, 0.15) is 5.82 Å². The molecule has 0 fully saturated rings. The summed E-state index contributed by atoms with van der Waals surface area (Å²) in [4.78, 5) is 21.1. The van der Waals surface area contributed by atoms with Crippen LogP contribution in [0, 0.1) is 12.7 Å². The molecule has 1 unspecified atom stereocenters. The fourth-order valence-electron chi connectivity index (χ4n) is 3.17. The molecule has 0 saturated heterocycles. The molecule has 0 bridgehead atoms. The summed E-state index contributed by atoms with van der Waals surface area (Å²) in [6.07, 6.45) is 2.55. The fourth-order valence-corrected chi connectivity index (χ4v) is 4.50. The van der Waals surface area contributed by atoms with Crippen molar-refractivity contribution in [1.29, 1.82) is 0 Å². The Morgan fingerprint density at radius 3 is 2.70 bits per heavy atom. The number of carbonyl (C=O) groups is 1. The zero-order valence-electron chi connectivity index (χ0n) is 16.1. The minimum absolute atomic E-state index is 0.172. The molecule has 2 aliphatic rings. The SMILES string of the molecule is Cc1ccc(S(=O)(=O)N2C=C3C=NC(NC(=O)c4cccc(F)c4)N=C3CC2)cc1. The summed E-state index contributed by atoms with van der Waals surface area (Å²) < 4.78 is 40.3. The van der Waals surface area contributed by atoms with E-state index in [1.807, 2.05) is 6.92 Å². The van der Waals surface area contributed by atoms with E-state index in [4.69, 9.17) is 0 Å². The van der Waals surface area contributed by atoms with Gasteiger partial charge in [0.2, 0.25) is 6.29 Å². The average molecular weight is 426 g/mol. The molecule has 7 nitrogen and oxygen atoms in total. The van der Waals surface area contributed by atoms with E-state index in [-0.39, 0.29) is 17.0 Å². The Morgan fingerprint density at radius 1 is 1.20 bits per heavy atom. The van der Waals surface area contributed by atoms with E-state index in [2.05, 4.69) is 15.3 Å². The van der Waals surface area contributed by atoms with E-state index in [1.165, 1.54) is 34.9 Å². The van der Waals surface area contributed by atoms with Crippen LogP contribution < -0.4 is 5.32 Å². The molecule has 0 saturated carbocycles. The molecule has 2 aromatic rings. The van der Waals surface area contributed by atoms with Crippen LogP contribution in [0.3, 0.4) is 0 Å². The molecule has 2 heterocycles. The van der Waals surface area contributed by atoms with Gasteiger partial charge >= 0.3 is 0 Å². The third-order valence-corrected chi connectivity index (χ3v) is 6.57. The molecule has 0 aromatic heterocycles. The zero-order chi connectivity index (χ0) is 21.3. The van der Waals surface area contributed by atoms with E-state index in [0.717, 1.165) is 11.6 Å². The van der Waals surface area contributed by atoms with Crippen molar-refractivity contribution in [2.75, 3.05) is 6.54 Å². The monoisotopic (exact) mass is 426 g/mol. The Hall–Kier alpha value is -3.33. The van der Waals surface area contributed by atoms with Crippen molar-refractivity contribution in [2.24, 2.45) is 9.98 Å². The number of allylic oxidation sites excluding steroid dienone is 1. The summed E-state index contributed by atoms with van der Waals surface area (Å²) in [5.41, 5.74) is 2.38. The number of halogens is 1. The number of sulfonamides is 1. The molecule has 1 amide bonds. The van der Waals surface area contributed by atoms with Gasteiger partial charge in [0, 0.05) is 36.5 Å². The number of hydrogen-bond acceptors (Lipinski definition) is 5. The maximum absolute atomic E-state index is 13.3. The minimum Gasteiger partial charge on any atom is -0.312 e. The average Bonchev–Trinajstić information content (AvgIpc) is 2.73. The highest BCUT2D eigenvalue weighted by Gasteiger charge is 2.28. The van der Waals surface area contributed by atoms with Crippen LogP contribution in [0.2, 0.25) is 0 Å². The number of fused-ring (bicyclic) bond motifs is 1. The van der Waals surface area contributed by atoms with Gasteiger partial charge in [-0.15, -0.1) is 0 Å². The summed E-state index contributed by atoms with van der Waals surface area (Å²) in [7, 11) is -3.67. The second-order valence-corrected chi connectivity index (χ2v) is 8.87. The number of benzene rings is 2. The Labute approximate surface area is 173 Å². The molecule has 1 N–H and O–H groups in total. The minimum atomic E-state index is -3.67. The van der Waals surface area contributed by atoms with Crippen LogP contribution in [-0.4, -0.2) is 43.4 Å². The molecule has 4 rings (SSSR count). The standard InChI is InChI=1S/C21H19FN4O3S/c1-14-5-7-18(8-6-14)30(28,29)26-10-9-19-16(13-26)12-23-21(24-19)25-20(27)15-3-2-4-17(22)11-15/h2-8,11-13,21H,9-10H2,1H3,(H,25,27). The Balaban J connectivity index is 1.50. The fraction of sp³-hybridized carbons (Fsp3) is 0.190. The van der Waals surface area contributed by atoms with Crippen molar-refractivity contribution >= 4 is 27.9 Å². The second-order valence-electron chi connectivity index (χ2n) is 6.97. The van der Waals surface area contributed by atoms with E-state index in [0.29, 0.717) is 17.7 Å². The third-order valence-electron chi connectivity index (χ3n) is 4.79. The van der Waals surface area contributed by atoms with Gasteiger partial charge in [-0.1, -0.05) is 23.8 Å². The number of nitrogens with one attached hydrogen (secondary N) is 1. The normalized spacial score (nSPS) is 18.3. The van der Waals surface area contributed by atoms with Gasteiger partial charge in [-0.2, -0.15) is 0 Å². The lowest BCUT2D eigenvalue weighted by atomic mass is 10.1. The number of nitrogens with zero attached hydrogens (tertiary/aromatic N) is 3. The number of hydrogen-bond donors (Lipinski definition) is 1. The molecular formula is C21H19FN4O3S. The molecule has 9 heteroatoms. The van der Waals surface area contributed by atoms with Gasteiger partial charge in [-0.25, -0.2) is 22.8 Å². The van der Waals surface area contributed by atoms with Crippen LogP contribution in [0.1, 0.15) is 22.3 Å². The predicted octanol–water partition coefficient (Wildman–Crippen LogP) is 2.65. The number of rotatable bonds is 4. The van der Waals surface area contributed by atoms with Gasteiger partial charge in [0.15, 0.2) is 0 Å². The van der Waals surface area contributed by atoms with Crippen molar-refractivity contribution < 1.29 is 17.6 Å². The summed E-state index contributed by atoms with van der Waals surface area (Å²) in [5.74, 6) is -0.999. The first-order valence-electron chi connectivity index (χ1n) is 9.30. The number of amides is 1. The van der Waals surface area contributed by atoms with Crippen LogP contribution >= 0.6 is 0 Å². The molecule has 2 aliphatic heterocycles. The Kier molecular flexibility index (Phi) is 5.21. The highest BCUT2D eigenvalue weighted by Crippen LogP contribution is 2.23. The lowest BCUT2D eigenvalue weighted by Gasteiger charge is -2.28.